The van der Waals surface area contributed by atoms with E-state index >= 15 is 0 Å². The molecule has 188 valence electrons. The molecule has 0 saturated heterocycles. The summed E-state index contributed by atoms with van der Waals surface area (Å²) >= 11 is 4.58. The van der Waals surface area contributed by atoms with Crippen molar-refractivity contribution in [1.82, 2.24) is 0 Å². The monoisotopic (exact) mass is 558 g/mol. The molecular weight excluding hydrogens is 519 g/mol. The number of benzene rings is 4. The first-order valence-electron chi connectivity index (χ1n) is 13.7. The second-order valence-electron chi connectivity index (χ2n) is 9.91. The first-order chi connectivity index (χ1) is 17.7. The first-order valence-corrected chi connectivity index (χ1v) is 17.9. The molecular formula is C34H40BrP. The first kappa shape index (κ1) is 26.8. The molecule has 4 aromatic carbocycles. The van der Waals surface area contributed by atoms with Crippen molar-refractivity contribution < 1.29 is 0 Å². The van der Waals surface area contributed by atoms with E-state index in [1.54, 1.807) is 0 Å². The van der Waals surface area contributed by atoms with Gasteiger partial charge in [-0.1, -0.05) is 13.3 Å². The third-order valence-corrected chi connectivity index (χ3v) is 17.4. The fourth-order valence-corrected chi connectivity index (χ4v) is 13.0. The van der Waals surface area contributed by atoms with Gasteiger partial charge in [-0.05, 0) is 0 Å². The Morgan fingerprint density at radius 1 is 0.444 bits per heavy atom. The van der Waals surface area contributed by atoms with Gasteiger partial charge in [0.1, 0.15) is 0 Å². The van der Waals surface area contributed by atoms with Crippen LogP contribution in [0.1, 0.15) is 63.9 Å². The maximum atomic E-state index is 4.58. The van der Waals surface area contributed by atoms with Crippen LogP contribution in [-0.4, -0.2) is 0 Å². The van der Waals surface area contributed by atoms with E-state index < -0.39 is 5.31 Å². The molecule has 0 radical (unpaired) electrons. The van der Waals surface area contributed by atoms with Gasteiger partial charge in [0.15, 0.2) is 0 Å². The normalized spacial score (nSPS) is 12.7. The van der Waals surface area contributed by atoms with Crippen LogP contribution in [0.3, 0.4) is 0 Å². The molecule has 36 heavy (non-hydrogen) atoms. The van der Waals surface area contributed by atoms with Crippen LogP contribution in [0.15, 0.2) is 115 Å². The zero-order chi connectivity index (χ0) is 25.1. The van der Waals surface area contributed by atoms with Gasteiger partial charge in [-0.15, -0.1) is 0 Å². The quantitative estimate of drug-likeness (QED) is 0.113. The van der Waals surface area contributed by atoms with Crippen molar-refractivity contribution in [3.05, 3.63) is 121 Å². The van der Waals surface area contributed by atoms with Crippen LogP contribution in [0.4, 0.5) is 0 Å². The Balaban J connectivity index is 1.66. The molecule has 0 nitrogen and oxygen atoms in total. The van der Waals surface area contributed by atoms with Gasteiger partial charge in [0.05, 0.1) is 0 Å². The van der Waals surface area contributed by atoms with E-state index in [4.69, 9.17) is 0 Å². The van der Waals surface area contributed by atoms with Crippen LogP contribution in [0.25, 0.3) is 0 Å². The number of halogens is 1. The fourth-order valence-electron chi connectivity index (χ4n) is 5.42. The van der Waals surface area contributed by atoms with Gasteiger partial charge in [-0.3, -0.25) is 0 Å². The molecule has 0 heterocycles. The van der Waals surface area contributed by atoms with E-state index in [1.165, 1.54) is 78.1 Å². The van der Waals surface area contributed by atoms with E-state index in [2.05, 4.69) is 138 Å². The molecule has 0 N–H and O–H groups in total. The summed E-state index contributed by atoms with van der Waals surface area (Å²) in [5.41, 5.74) is 1.44. The Morgan fingerprint density at radius 2 is 0.806 bits per heavy atom. The van der Waals surface area contributed by atoms with E-state index in [1.807, 2.05) is 0 Å². The molecule has 0 bridgehead atoms. The van der Waals surface area contributed by atoms with E-state index in [0.717, 1.165) is 6.42 Å². The van der Waals surface area contributed by atoms with Crippen molar-refractivity contribution in [2.75, 3.05) is 0 Å². The molecule has 0 amide bonds. The molecule has 0 aromatic heterocycles. The predicted octanol–water partition coefficient (Wildman–Crippen LogP) is 8.83. The number of hydrogen-bond acceptors (Lipinski definition) is 0. The third-order valence-electron chi connectivity index (χ3n) is 7.46. The molecule has 4 rings (SSSR count). The molecule has 0 aliphatic carbocycles. The van der Waals surface area contributed by atoms with Crippen molar-refractivity contribution in [1.29, 1.82) is 0 Å². The topological polar surface area (TPSA) is 0 Å². The van der Waals surface area contributed by atoms with Crippen molar-refractivity contribution in [3.63, 3.8) is 0 Å². The SMILES string of the molecule is CCCCCCCCCCc1ccc(P(Br)(c2ccccc2)(c2ccccc2)c2ccccc2)cc1. The number of rotatable bonds is 13. The van der Waals surface area contributed by atoms with Gasteiger partial charge in [-0.2, -0.15) is 0 Å². The van der Waals surface area contributed by atoms with Crippen LogP contribution >= 0.6 is 20.8 Å². The van der Waals surface area contributed by atoms with Crippen molar-refractivity contribution in [2.45, 2.75) is 64.7 Å². The standard InChI is InChI=1S/C34H40BrP/c1-2-3-4-5-6-7-8-12-19-30-26-28-34(29-27-30)36(35,31-20-13-9-14-21-31,32-22-15-10-16-23-32)33-24-17-11-18-25-33/h9-11,13-18,20-29H,2-8,12,19H2,1H3. The molecule has 0 fully saturated rings. The van der Waals surface area contributed by atoms with Gasteiger partial charge < -0.3 is 0 Å². The Labute approximate surface area is 226 Å². The predicted molar refractivity (Wildman–Crippen MR) is 166 cm³/mol. The second-order valence-corrected chi connectivity index (χ2v) is 18.2. The summed E-state index contributed by atoms with van der Waals surface area (Å²) in [4.78, 5) is 0. The van der Waals surface area contributed by atoms with Gasteiger partial charge in [-0.25, -0.2) is 0 Å². The maximum absolute atomic E-state index is 4.58. The molecule has 0 spiro atoms. The summed E-state index contributed by atoms with van der Waals surface area (Å²) in [6.07, 6.45) is 12.1. The van der Waals surface area contributed by atoms with E-state index in [9.17, 15) is 0 Å². The van der Waals surface area contributed by atoms with Gasteiger partial charge >= 0.3 is 214 Å². The minimum atomic E-state index is -3.09. The summed E-state index contributed by atoms with van der Waals surface area (Å²) in [7, 11) is 0. The molecule has 0 saturated carbocycles. The van der Waals surface area contributed by atoms with Gasteiger partial charge in [0.25, 0.3) is 0 Å². The van der Waals surface area contributed by atoms with Crippen LogP contribution in [0, 0.1) is 0 Å². The molecule has 0 aliphatic rings. The Hall–Kier alpha value is -2.21. The summed E-state index contributed by atoms with van der Waals surface area (Å²) in [5.74, 6) is 0. The number of unbranched alkanes of at least 4 members (excludes halogenated alkanes) is 7. The zero-order valence-electron chi connectivity index (χ0n) is 21.7. The van der Waals surface area contributed by atoms with Gasteiger partial charge in [0, 0.05) is 0 Å². The van der Waals surface area contributed by atoms with Gasteiger partial charge in [0.2, 0.25) is 0 Å². The summed E-state index contributed by atoms with van der Waals surface area (Å²) < 4.78 is 0. The summed E-state index contributed by atoms with van der Waals surface area (Å²) in [6, 6.07) is 42.6. The van der Waals surface area contributed by atoms with Crippen LogP contribution in [0.2, 0.25) is 0 Å². The average Bonchev–Trinajstić information content (AvgIpc) is 2.96. The minimum absolute atomic E-state index is 1.16. The fraction of sp³-hybridized carbons (Fsp3) is 0.294. The summed E-state index contributed by atoms with van der Waals surface area (Å²) in [5, 5.41) is 2.25. The molecule has 0 unspecified atom stereocenters. The summed E-state index contributed by atoms with van der Waals surface area (Å²) in [6.45, 7) is 2.29. The Kier molecular flexibility index (Phi) is 9.58. The number of hydrogen-bond donors (Lipinski definition) is 0. The molecule has 4 aromatic rings. The molecule has 0 aliphatic heterocycles. The molecule has 0 atom stereocenters. The van der Waals surface area contributed by atoms with E-state index in [0.29, 0.717) is 0 Å². The molecule has 2 heteroatoms. The van der Waals surface area contributed by atoms with Crippen molar-refractivity contribution in [3.8, 4) is 0 Å². The average molecular weight is 560 g/mol. The van der Waals surface area contributed by atoms with E-state index in [-0.39, 0.29) is 0 Å². The van der Waals surface area contributed by atoms with Crippen molar-refractivity contribution >= 4 is 42.0 Å². The Morgan fingerprint density at radius 3 is 1.22 bits per heavy atom. The van der Waals surface area contributed by atoms with Crippen LogP contribution in [0.5, 0.6) is 0 Å². The third kappa shape index (κ3) is 5.53. The van der Waals surface area contributed by atoms with Crippen molar-refractivity contribution in [2.24, 2.45) is 0 Å². The second kappa shape index (κ2) is 12.8. The Bertz CT molecular complexity index is 1070. The zero-order valence-corrected chi connectivity index (χ0v) is 24.1. The number of aryl methyl sites for hydroxylation is 1. The van der Waals surface area contributed by atoms with Crippen LogP contribution in [-0.2, 0) is 6.42 Å². The van der Waals surface area contributed by atoms with Crippen LogP contribution < -0.4 is 21.2 Å².